The van der Waals surface area contributed by atoms with E-state index < -0.39 is 14.3 Å². The number of rotatable bonds is 6. The van der Waals surface area contributed by atoms with Crippen molar-refractivity contribution in [1.29, 1.82) is 0 Å². The van der Waals surface area contributed by atoms with E-state index in [0.29, 0.717) is 11.8 Å². The fourth-order valence-electron chi connectivity index (χ4n) is 7.24. The van der Waals surface area contributed by atoms with Gasteiger partial charge >= 0.3 is 269 Å². The SMILES string of the molecule is c1ccc(C2=NN3P(c4ccccc4)(c4ccccc4)(O2)N2N=C(c4ccccc4)OP32(c2ccccc2)c2ccccc2)cc1. The maximum absolute atomic E-state index is 7.66. The third kappa shape index (κ3) is 3.04. The van der Waals surface area contributed by atoms with Crippen LogP contribution in [0.5, 0.6) is 0 Å². The molecule has 3 aliphatic heterocycles. The molecule has 6 aromatic carbocycles. The van der Waals surface area contributed by atoms with Crippen molar-refractivity contribution < 1.29 is 9.05 Å². The summed E-state index contributed by atoms with van der Waals surface area (Å²) < 4.78 is 19.9. The zero-order chi connectivity index (χ0) is 30.7. The van der Waals surface area contributed by atoms with E-state index in [9.17, 15) is 0 Å². The molecule has 0 amide bonds. The molecule has 1 fully saturated rings. The molecule has 8 heteroatoms. The number of benzene rings is 6. The molecule has 1 saturated heterocycles. The third-order valence-corrected chi connectivity index (χ3v) is 22.1. The van der Waals surface area contributed by atoms with Gasteiger partial charge in [-0.05, 0) is 0 Å². The van der Waals surface area contributed by atoms with Gasteiger partial charge in [0.25, 0.3) is 0 Å². The summed E-state index contributed by atoms with van der Waals surface area (Å²) in [6, 6.07) is 62.2. The number of hydrazone groups is 2. The van der Waals surface area contributed by atoms with Gasteiger partial charge in [0.1, 0.15) is 0 Å². The number of hydrogen-bond donors (Lipinski definition) is 0. The van der Waals surface area contributed by atoms with Crippen LogP contribution in [0.1, 0.15) is 11.1 Å². The zero-order valence-electron chi connectivity index (χ0n) is 24.8. The average Bonchev–Trinajstić information content (AvgIpc) is 3.68. The first-order valence-corrected chi connectivity index (χ1v) is 19.4. The summed E-state index contributed by atoms with van der Waals surface area (Å²) in [5.41, 5.74) is 1.77. The van der Waals surface area contributed by atoms with E-state index in [0.717, 1.165) is 32.3 Å². The molecule has 0 unspecified atom stereocenters. The van der Waals surface area contributed by atoms with E-state index in [-0.39, 0.29) is 0 Å². The first kappa shape index (κ1) is 27.1. The van der Waals surface area contributed by atoms with Gasteiger partial charge in [0.05, 0.1) is 0 Å². The van der Waals surface area contributed by atoms with Crippen molar-refractivity contribution in [3.8, 4) is 0 Å². The van der Waals surface area contributed by atoms with Crippen molar-refractivity contribution in [3.63, 3.8) is 0 Å². The predicted molar refractivity (Wildman–Crippen MR) is 190 cm³/mol. The van der Waals surface area contributed by atoms with Crippen LogP contribution in [0.15, 0.2) is 192 Å². The quantitative estimate of drug-likeness (QED) is 0.180. The summed E-state index contributed by atoms with van der Waals surface area (Å²) in [4.78, 5) is 0. The van der Waals surface area contributed by atoms with Crippen LogP contribution in [-0.4, -0.2) is 20.9 Å². The molecule has 6 aromatic rings. The Kier molecular flexibility index (Phi) is 5.65. The molecule has 0 saturated carbocycles. The fourth-order valence-corrected chi connectivity index (χ4v) is 23.5. The number of hydrogen-bond acceptors (Lipinski definition) is 6. The van der Waals surface area contributed by atoms with E-state index in [1.165, 1.54) is 0 Å². The Labute approximate surface area is 268 Å². The van der Waals surface area contributed by atoms with Crippen LogP contribution in [-0.2, 0) is 9.05 Å². The standard InChI is InChI=1S/C38H30N4O2P2/c1-7-19-31(20-8-1)37-39-41-45(43-37,33-23-11-3-12-24-33,34-25-13-4-14-26-34)42-40-38(32-21-9-2-10-22-32)44-46(41,42,35-27-15-5-16-28-35)36-29-17-6-18-30-36/h1-30H. The van der Waals surface area contributed by atoms with Crippen molar-refractivity contribution in [2.45, 2.75) is 0 Å². The number of nitrogens with zero attached hydrogens (tertiary/aromatic N) is 4. The van der Waals surface area contributed by atoms with E-state index >= 15 is 0 Å². The van der Waals surface area contributed by atoms with Gasteiger partial charge in [-0.2, -0.15) is 0 Å². The van der Waals surface area contributed by atoms with Gasteiger partial charge in [-0.25, -0.2) is 0 Å². The van der Waals surface area contributed by atoms with Crippen LogP contribution >= 0.6 is 14.3 Å². The van der Waals surface area contributed by atoms with E-state index in [2.05, 4.69) is 106 Å². The molecule has 46 heavy (non-hydrogen) atoms. The Hall–Kier alpha value is -5.28. The van der Waals surface area contributed by atoms with Gasteiger partial charge in [0.2, 0.25) is 0 Å². The van der Waals surface area contributed by atoms with Crippen LogP contribution in [0, 0.1) is 0 Å². The first-order valence-electron chi connectivity index (χ1n) is 15.3. The summed E-state index contributed by atoms with van der Waals surface area (Å²) in [6.07, 6.45) is 0. The Balaban J connectivity index is 1.49. The minimum atomic E-state index is -4.21. The molecular weight excluding hydrogens is 606 g/mol. The monoisotopic (exact) mass is 636 g/mol. The topological polar surface area (TPSA) is 49.7 Å². The Bertz CT molecular complexity index is 1880. The molecule has 9 rings (SSSR count). The fraction of sp³-hybridized carbons (Fsp3) is 0. The van der Waals surface area contributed by atoms with Gasteiger partial charge in [-0.15, -0.1) is 0 Å². The van der Waals surface area contributed by atoms with Crippen molar-refractivity contribution in [2.75, 3.05) is 0 Å². The molecule has 0 N–H and O–H groups in total. The second-order valence-corrected chi connectivity index (χ2v) is 19.9. The van der Waals surface area contributed by atoms with Crippen LogP contribution in [0.25, 0.3) is 0 Å². The van der Waals surface area contributed by atoms with Gasteiger partial charge < -0.3 is 0 Å². The molecule has 3 heterocycles. The molecule has 224 valence electrons. The number of fused-ring (bicyclic) bond motifs is 4. The second-order valence-electron chi connectivity index (χ2n) is 11.5. The second kappa shape index (κ2) is 9.61. The molecule has 0 atom stereocenters. The zero-order valence-corrected chi connectivity index (χ0v) is 26.6. The normalized spacial score (nSPS) is 20.8. The molecule has 0 bridgehead atoms. The molecule has 0 radical (unpaired) electrons. The van der Waals surface area contributed by atoms with Crippen molar-refractivity contribution >= 4 is 47.3 Å². The minimum absolute atomic E-state index is 0.538. The Morgan fingerprint density at radius 3 is 0.826 bits per heavy atom. The summed E-state index contributed by atoms with van der Waals surface area (Å²) in [7, 11) is -8.41. The van der Waals surface area contributed by atoms with Crippen LogP contribution in [0.3, 0.4) is 0 Å². The summed E-state index contributed by atoms with van der Waals surface area (Å²) in [5, 5.41) is 15.1. The summed E-state index contributed by atoms with van der Waals surface area (Å²) >= 11 is 0. The molecule has 0 spiro atoms. The molecule has 6 nitrogen and oxygen atoms in total. The van der Waals surface area contributed by atoms with Crippen LogP contribution in [0.4, 0.5) is 0 Å². The van der Waals surface area contributed by atoms with E-state index in [1.54, 1.807) is 0 Å². The van der Waals surface area contributed by atoms with Gasteiger partial charge in [-0.1, -0.05) is 0 Å². The van der Waals surface area contributed by atoms with E-state index in [4.69, 9.17) is 19.3 Å². The predicted octanol–water partition coefficient (Wildman–Crippen LogP) is 7.29. The van der Waals surface area contributed by atoms with Gasteiger partial charge in [-0.3, -0.25) is 0 Å². The maximum atomic E-state index is 7.66. The average molecular weight is 637 g/mol. The Morgan fingerprint density at radius 1 is 0.326 bits per heavy atom. The van der Waals surface area contributed by atoms with Gasteiger partial charge in [0.15, 0.2) is 0 Å². The molecule has 0 aliphatic carbocycles. The van der Waals surface area contributed by atoms with Crippen LogP contribution in [0.2, 0.25) is 0 Å². The first-order chi connectivity index (χ1) is 22.7. The molecule has 3 aliphatic rings. The van der Waals surface area contributed by atoms with Crippen molar-refractivity contribution in [2.24, 2.45) is 10.2 Å². The van der Waals surface area contributed by atoms with Gasteiger partial charge in [0, 0.05) is 0 Å². The van der Waals surface area contributed by atoms with E-state index in [1.807, 2.05) is 84.9 Å². The van der Waals surface area contributed by atoms with Crippen LogP contribution < -0.4 is 21.2 Å². The Morgan fingerprint density at radius 2 is 0.565 bits per heavy atom. The van der Waals surface area contributed by atoms with Crippen molar-refractivity contribution in [3.05, 3.63) is 193 Å². The van der Waals surface area contributed by atoms with Crippen molar-refractivity contribution in [1.82, 2.24) is 9.10 Å². The third-order valence-electron chi connectivity index (χ3n) is 9.14. The summed E-state index contributed by atoms with van der Waals surface area (Å²) in [5.74, 6) is 1.08. The summed E-state index contributed by atoms with van der Waals surface area (Å²) in [6.45, 7) is 0. The molecular formula is C38H30N4O2P2. The molecule has 0 aromatic heterocycles.